The van der Waals surface area contributed by atoms with Crippen molar-refractivity contribution in [2.45, 2.75) is 0 Å². The molecule has 2 aromatic rings. The summed E-state index contributed by atoms with van der Waals surface area (Å²) in [4.78, 5) is 4.02. The molecule has 5 nitrogen and oxygen atoms in total. The van der Waals surface area contributed by atoms with Crippen LogP contribution in [0.3, 0.4) is 0 Å². The van der Waals surface area contributed by atoms with Crippen molar-refractivity contribution in [3.05, 3.63) is 24.4 Å². The number of methoxy groups -OCH3 is 1. The smallest absolute Gasteiger partial charge is 0.213 e. The van der Waals surface area contributed by atoms with Gasteiger partial charge in [-0.25, -0.2) is 4.98 Å². The zero-order chi connectivity index (χ0) is 10.8. The molecule has 2 heterocycles. The van der Waals surface area contributed by atoms with Gasteiger partial charge in [0.1, 0.15) is 5.82 Å². The summed E-state index contributed by atoms with van der Waals surface area (Å²) in [6.07, 6.45) is 1.68. The quantitative estimate of drug-likeness (QED) is 0.794. The monoisotopic (exact) mass is 204 g/mol. The van der Waals surface area contributed by atoms with Crippen molar-refractivity contribution in [3.63, 3.8) is 0 Å². The molecule has 0 unspecified atom stereocenters. The van der Waals surface area contributed by atoms with Crippen molar-refractivity contribution in [1.29, 1.82) is 0 Å². The van der Waals surface area contributed by atoms with Gasteiger partial charge in [0.15, 0.2) is 0 Å². The lowest BCUT2D eigenvalue weighted by Crippen LogP contribution is -1.96. The molecule has 0 radical (unpaired) electrons. The fourth-order valence-electron chi connectivity index (χ4n) is 1.30. The second kappa shape index (κ2) is 3.61. The van der Waals surface area contributed by atoms with Crippen LogP contribution in [0.1, 0.15) is 0 Å². The maximum Gasteiger partial charge on any atom is 0.213 e. The molecule has 78 valence electrons. The predicted octanol–water partition coefficient (Wildman–Crippen LogP) is 1.07. The third-order valence-electron chi connectivity index (χ3n) is 2.16. The summed E-state index contributed by atoms with van der Waals surface area (Å²) in [5.74, 6) is 1.19. The molecule has 0 aliphatic rings. The molecule has 0 bridgehead atoms. The van der Waals surface area contributed by atoms with Gasteiger partial charge in [-0.1, -0.05) is 0 Å². The Hall–Kier alpha value is -2.04. The van der Waals surface area contributed by atoms with Crippen LogP contribution in [0.25, 0.3) is 11.3 Å². The Morgan fingerprint density at radius 2 is 2.20 bits per heavy atom. The molecule has 0 aliphatic carbocycles. The molecule has 0 amide bonds. The van der Waals surface area contributed by atoms with Crippen LogP contribution in [-0.4, -0.2) is 21.9 Å². The normalized spacial score (nSPS) is 10.3. The minimum absolute atomic E-state index is 0.566. The second-order valence-corrected chi connectivity index (χ2v) is 3.16. The van der Waals surface area contributed by atoms with Crippen LogP contribution in [0.15, 0.2) is 24.4 Å². The average Bonchev–Trinajstić information content (AvgIpc) is 2.59. The van der Waals surface area contributed by atoms with Crippen LogP contribution in [0.2, 0.25) is 0 Å². The first kappa shape index (κ1) is 9.51. The van der Waals surface area contributed by atoms with Crippen molar-refractivity contribution in [2.24, 2.45) is 7.05 Å². The molecule has 2 aromatic heterocycles. The lowest BCUT2D eigenvalue weighted by Gasteiger charge is -1.99. The molecule has 0 atom stereocenters. The summed E-state index contributed by atoms with van der Waals surface area (Å²) >= 11 is 0. The molecule has 2 rings (SSSR count). The lowest BCUT2D eigenvalue weighted by atomic mass is 10.2. The molecule has 0 fully saturated rings. The standard InChI is InChI=1S/C10H12N4O/c1-14-9(11)6-8(13-14)7-3-4-12-10(5-7)15-2/h3-6H,11H2,1-2H3. The average molecular weight is 204 g/mol. The van der Waals surface area contributed by atoms with Crippen molar-refractivity contribution in [1.82, 2.24) is 14.8 Å². The summed E-state index contributed by atoms with van der Waals surface area (Å²) in [6, 6.07) is 5.50. The second-order valence-electron chi connectivity index (χ2n) is 3.16. The fraction of sp³-hybridized carbons (Fsp3) is 0.200. The van der Waals surface area contributed by atoms with Gasteiger partial charge in [0.05, 0.1) is 12.8 Å². The number of rotatable bonds is 2. The highest BCUT2D eigenvalue weighted by Gasteiger charge is 2.05. The van der Waals surface area contributed by atoms with Gasteiger partial charge in [-0.2, -0.15) is 5.10 Å². The Kier molecular flexibility index (Phi) is 2.29. The number of ether oxygens (including phenoxy) is 1. The summed E-state index contributed by atoms with van der Waals surface area (Å²) in [7, 11) is 3.39. The number of nitrogens with two attached hydrogens (primary N) is 1. The van der Waals surface area contributed by atoms with Gasteiger partial charge in [0.25, 0.3) is 0 Å². The van der Waals surface area contributed by atoms with E-state index >= 15 is 0 Å². The van der Waals surface area contributed by atoms with Gasteiger partial charge in [-0.3, -0.25) is 4.68 Å². The van der Waals surface area contributed by atoms with E-state index in [1.165, 1.54) is 0 Å². The number of hydrogen-bond donors (Lipinski definition) is 1. The first-order chi connectivity index (χ1) is 7.20. The van der Waals surface area contributed by atoms with E-state index in [0.29, 0.717) is 11.7 Å². The van der Waals surface area contributed by atoms with Gasteiger partial charge >= 0.3 is 0 Å². The number of nitrogen functional groups attached to an aromatic ring is 1. The van der Waals surface area contributed by atoms with E-state index in [9.17, 15) is 0 Å². The lowest BCUT2D eigenvalue weighted by molar-refractivity contribution is 0.398. The molecule has 0 aromatic carbocycles. The highest BCUT2D eigenvalue weighted by molar-refractivity contribution is 5.62. The van der Waals surface area contributed by atoms with Crippen LogP contribution in [0.4, 0.5) is 5.82 Å². The Labute approximate surface area is 87.5 Å². The van der Waals surface area contributed by atoms with Crippen LogP contribution in [0.5, 0.6) is 5.88 Å². The summed E-state index contributed by atoms with van der Waals surface area (Å²) in [5.41, 5.74) is 7.46. The molecule has 0 saturated carbocycles. The van der Waals surface area contributed by atoms with E-state index in [1.54, 1.807) is 25.0 Å². The minimum Gasteiger partial charge on any atom is -0.481 e. The molecule has 0 saturated heterocycles. The first-order valence-corrected chi connectivity index (χ1v) is 4.50. The van der Waals surface area contributed by atoms with Gasteiger partial charge in [-0.15, -0.1) is 0 Å². The molecule has 2 N–H and O–H groups in total. The zero-order valence-corrected chi connectivity index (χ0v) is 8.64. The zero-order valence-electron chi connectivity index (χ0n) is 8.64. The molecular formula is C10H12N4O. The topological polar surface area (TPSA) is 66.0 Å². The summed E-state index contributed by atoms with van der Waals surface area (Å²) < 4.78 is 6.66. The summed E-state index contributed by atoms with van der Waals surface area (Å²) in [6.45, 7) is 0. The number of aryl methyl sites for hydroxylation is 1. The Morgan fingerprint density at radius 3 is 2.80 bits per heavy atom. The highest BCUT2D eigenvalue weighted by Crippen LogP contribution is 2.22. The Morgan fingerprint density at radius 1 is 1.40 bits per heavy atom. The van der Waals surface area contributed by atoms with Crippen LogP contribution < -0.4 is 10.5 Å². The van der Waals surface area contributed by atoms with E-state index in [-0.39, 0.29) is 0 Å². The highest BCUT2D eigenvalue weighted by atomic mass is 16.5. The van der Waals surface area contributed by atoms with E-state index in [0.717, 1.165) is 11.3 Å². The maximum atomic E-state index is 5.70. The third-order valence-corrected chi connectivity index (χ3v) is 2.16. The van der Waals surface area contributed by atoms with Gasteiger partial charge < -0.3 is 10.5 Å². The molecule has 0 spiro atoms. The summed E-state index contributed by atoms with van der Waals surface area (Å²) in [5, 5.41) is 4.26. The minimum atomic E-state index is 0.566. The van der Waals surface area contributed by atoms with Crippen LogP contribution >= 0.6 is 0 Å². The Balaban J connectivity index is 2.44. The molecule has 15 heavy (non-hydrogen) atoms. The van der Waals surface area contributed by atoms with E-state index in [2.05, 4.69) is 10.1 Å². The van der Waals surface area contributed by atoms with E-state index in [1.807, 2.05) is 18.2 Å². The van der Waals surface area contributed by atoms with Crippen molar-refractivity contribution in [2.75, 3.05) is 12.8 Å². The third kappa shape index (κ3) is 1.76. The predicted molar refractivity (Wildman–Crippen MR) is 57.4 cm³/mol. The number of pyridine rings is 1. The van der Waals surface area contributed by atoms with Crippen LogP contribution in [0, 0.1) is 0 Å². The molecule has 0 aliphatic heterocycles. The van der Waals surface area contributed by atoms with E-state index in [4.69, 9.17) is 10.5 Å². The fourth-order valence-corrected chi connectivity index (χ4v) is 1.30. The van der Waals surface area contributed by atoms with E-state index < -0.39 is 0 Å². The van der Waals surface area contributed by atoms with Crippen molar-refractivity contribution >= 4 is 5.82 Å². The number of anilines is 1. The van der Waals surface area contributed by atoms with Crippen LogP contribution in [-0.2, 0) is 7.05 Å². The van der Waals surface area contributed by atoms with Gasteiger partial charge in [0, 0.05) is 30.9 Å². The Bertz CT molecular complexity index is 459. The van der Waals surface area contributed by atoms with Gasteiger partial charge in [-0.05, 0) is 6.07 Å². The largest absolute Gasteiger partial charge is 0.481 e. The SMILES string of the molecule is COc1cc(-c2cc(N)n(C)n2)ccn1. The molecule has 5 heteroatoms. The number of hydrogen-bond acceptors (Lipinski definition) is 4. The molecular weight excluding hydrogens is 192 g/mol. The maximum absolute atomic E-state index is 5.70. The number of nitrogens with zero attached hydrogens (tertiary/aromatic N) is 3. The van der Waals surface area contributed by atoms with Crippen molar-refractivity contribution < 1.29 is 4.74 Å². The first-order valence-electron chi connectivity index (χ1n) is 4.50. The number of aromatic nitrogens is 3. The van der Waals surface area contributed by atoms with Crippen molar-refractivity contribution in [3.8, 4) is 17.1 Å². The van der Waals surface area contributed by atoms with Gasteiger partial charge in [0.2, 0.25) is 5.88 Å².